The second-order valence-electron chi connectivity index (χ2n) is 6.12. The van der Waals surface area contributed by atoms with E-state index >= 15 is 0 Å². The van der Waals surface area contributed by atoms with Crippen LogP contribution in [0.15, 0.2) is 0 Å². The SMILES string of the molecule is CC(C)Cc1nc(C2CCOC2)sc1CNC(C)C. The lowest BCUT2D eigenvalue weighted by atomic mass is 10.1. The van der Waals surface area contributed by atoms with Crippen LogP contribution in [0.3, 0.4) is 0 Å². The van der Waals surface area contributed by atoms with E-state index in [4.69, 9.17) is 9.72 Å². The van der Waals surface area contributed by atoms with E-state index in [1.807, 2.05) is 11.3 Å². The summed E-state index contributed by atoms with van der Waals surface area (Å²) >= 11 is 1.89. The van der Waals surface area contributed by atoms with Gasteiger partial charge >= 0.3 is 0 Å². The first-order valence-electron chi connectivity index (χ1n) is 7.35. The van der Waals surface area contributed by atoms with Crippen LogP contribution in [0.1, 0.15) is 55.6 Å². The fraction of sp³-hybridized carbons (Fsp3) is 0.800. The Bertz CT molecular complexity index is 395. The summed E-state index contributed by atoms with van der Waals surface area (Å²) in [5, 5.41) is 4.80. The second-order valence-corrected chi connectivity index (χ2v) is 7.23. The van der Waals surface area contributed by atoms with Crippen LogP contribution in [0.4, 0.5) is 0 Å². The van der Waals surface area contributed by atoms with Gasteiger partial charge in [-0.25, -0.2) is 4.98 Å². The average Bonchev–Trinajstić information content (AvgIpc) is 2.94. The van der Waals surface area contributed by atoms with E-state index in [2.05, 4.69) is 33.0 Å². The Kier molecular flexibility index (Phi) is 5.37. The van der Waals surface area contributed by atoms with Crippen LogP contribution in [0, 0.1) is 5.92 Å². The maximum Gasteiger partial charge on any atom is 0.0986 e. The van der Waals surface area contributed by atoms with Gasteiger partial charge in [-0.2, -0.15) is 0 Å². The first-order valence-corrected chi connectivity index (χ1v) is 8.17. The normalized spacial score (nSPS) is 19.8. The van der Waals surface area contributed by atoms with E-state index in [-0.39, 0.29) is 0 Å². The lowest BCUT2D eigenvalue weighted by Crippen LogP contribution is -2.22. The highest BCUT2D eigenvalue weighted by molar-refractivity contribution is 7.11. The number of ether oxygens (including phenoxy) is 1. The Balaban J connectivity index is 2.12. The largest absolute Gasteiger partial charge is 0.381 e. The fourth-order valence-corrected chi connectivity index (χ4v) is 3.45. The van der Waals surface area contributed by atoms with Gasteiger partial charge in [-0.3, -0.25) is 0 Å². The number of rotatable bonds is 6. The van der Waals surface area contributed by atoms with Crippen molar-refractivity contribution in [3.05, 3.63) is 15.6 Å². The molecule has 0 bridgehead atoms. The van der Waals surface area contributed by atoms with Crippen molar-refractivity contribution < 1.29 is 4.74 Å². The van der Waals surface area contributed by atoms with Gasteiger partial charge in [-0.1, -0.05) is 27.7 Å². The molecule has 3 nitrogen and oxygen atoms in total. The molecule has 1 aromatic rings. The van der Waals surface area contributed by atoms with Crippen molar-refractivity contribution >= 4 is 11.3 Å². The van der Waals surface area contributed by atoms with Crippen LogP contribution in [-0.4, -0.2) is 24.2 Å². The summed E-state index contributed by atoms with van der Waals surface area (Å²) in [5.74, 6) is 1.19. The summed E-state index contributed by atoms with van der Waals surface area (Å²) in [6.45, 7) is 11.6. The van der Waals surface area contributed by atoms with Gasteiger partial charge < -0.3 is 10.1 Å². The quantitative estimate of drug-likeness (QED) is 0.869. The lowest BCUT2D eigenvalue weighted by Gasteiger charge is -2.08. The number of hydrogen-bond acceptors (Lipinski definition) is 4. The number of hydrogen-bond donors (Lipinski definition) is 1. The molecule has 1 N–H and O–H groups in total. The maximum atomic E-state index is 5.49. The Morgan fingerprint density at radius 1 is 1.37 bits per heavy atom. The summed E-state index contributed by atoms with van der Waals surface area (Å²) in [4.78, 5) is 6.33. The van der Waals surface area contributed by atoms with E-state index in [0.717, 1.165) is 32.6 Å². The highest BCUT2D eigenvalue weighted by Gasteiger charge is 2.23. The summed E-state index contributed by atoms with van der Waals surface area (Å²) in [5.41, 5.74) is 1.30. The lowest BCUT2D eigenvalue weighted by molar-refractivity contribution is 0.194. The average molecular weight is 282 g/mol. The van der Waals surface area contributed by atoms with Crippen LogP contribution in [0.2, 0.25) is 0 Å². The van der Waals surface area contributed by atoms with Gasteiger partial charge in [0.1, 0.15) is 0 Å². The molecule has 108 valence electrons. The number of nitrogens with one attached hydrogen (secondary N) is 1. The molecule has 0 aromatic carbocycles. The Morgan fingerprint density at radius 2 is 2.16 bits per heavy atom. The predicted octanol–water partition coefficient (Wildman–Crippen LogP) is 3.34. The molecule has 0 aliphatic carbocycles. The monoisotopic (exact) mass is 282 g/mol. The molecule has 0 amide bonds. The molecular weight excluding hydrogens is 256 g/mol. The molecule has 1 saturated heterocycles. The zero-order valence-corrected chi connectivity index (χ0v) is 13.3. The third-order valence-corrected chi connectivity index (χ3v) is 4.61. The topological polar surface area (TPSA) is 34.1 Å². The van der Waals surface area contributed by atoms with Crippen LogP contribution in [0.25, 0.3) is 0 Å². The van der Waals surface area contributed by atoms with Crippen molar-refractivity contribution in [2.24, 2.45) is 5.92 Å². The smallest absolute Gasteiger partial charge is 0.0986 e. The van der Waals surface area contributed by atoms with Crippen LogP contribution < -0.4 is 5.32 Å². The minimum absolute atomic E-state index is 0.521. The molecule has 1 unspecified atom stereocenters. The maximum absolute atomic E-state index is 5.49. The predicted molar refractivity (Wildman–Crippen MR) is 80.8 cm³/mol. The first-order chi connectivity index (χ1) is 9.06. The van der Waals surface area contributed by atoms with Gasteiger partial charge in [-0.15, -0.1) is 11.3 Å². The van der Waals surface area contributed by atoms with Gasteiger partial charge in [0.05, 0.1) is 17.3 Å². The third-order valence-electron chi connectivity index (χ3n) is 3.35. The number of nitrogens with zero attached hydrogens (tertiary/aromatic N) is 1. The minimum atomic E-state index is 0.521. The highest BCUT2D eigenvalue weighted by atomic mass is 32.1. The van der Waals surface area contributed by atoms with Crippen molar-refractivity contribution in [2.75, 3.05) is 13.2 Å². The van der Waals surface area contributed by atoms with E-state index in [0.29, 0.717) is 17.9 Å². The number of aromatic nitrogens is 1. The molecule has 1 fully saturated rings. The van der Waals surface area contributed by atoms with Crippen molar-refractivity contribution in [1.29, 1.82) is 0 Å². The van der Waals surface area contributed by atoms with Gasteiger partial charge in [0.15, 0.2) is 0 Å². The summed E-state index contributed by atoms with van der Waals surface area (Å²) < 4.78 is 5.49. The second kappa shape index (κ2) is 6.82. The molecule has 0 spiro atoms. The third kappa shape index (κ3) is 4.26. The van der Waals surface area contributed by atoms with E-state index in [9.17, 15) is 0 Å². The van der Waals surface area contributed by atoms with E-state index < -0.39 is 0 Å². The zero-order valence-electron chi connectivity index (χ0n) is 12.5. The molecule has 19 heavy (non-hydrogen) atoms. The summed E-state index contributed by atoms with van der Waals surface area (Å²) in [6, 6.07) is 0.521. The van der Waals surface area contributed by atoms with Gasteiger partial charge in [-0.05, 0) is 18.8 Å². The zero-order chi connectivity index (χ0) is 13.8. The highest BCUT2D eigenvalue weighted by Crippen LogP contribution is 2.31. The molecule has 1 aliphatic heterocycles. The molecule has 0 saturated carbocycles. The Morgan fingerprint density at radius 3 is 2.74 bits per heavy atom. The molecule has 1 atom stereocenters. The van der Waals surface area contributed by atoms with Crippen molar-refractivity contribution in [3.63, 3.8) is 0 Å². The van der Waals surface area contributed by atoms with Crippen molar-refractivity contribution in [3.8, 4) is 0 Å². The minimum Gasteiger partial charge on any atom is -0.381 e. The standard InChI is InChI=1S/C15H26N2OS/c1-10(2)7-13-14(8-16-11(3)4)19-15(17-13)12-5-6-18-9-12/h10-12,16H,5-9H2,1-4H3. The number of thiazole rings is 1. The molecule has 2 heterocycles. The van der Waals surface area contributed by atoms with Gasteiger partial charge in [0.2, 0.25) is 0 Å². The van der Waals surface area contributed by atoms with E-state index in [1.54, 1.807) is 0 Å². The molecule has 1 aromatic heterocycles. The van der Waals surface area contributed by atoms with Crippen LogP contribution in [0.5, 0.6) is 0 Å². The van der Waals surface area contributed by atoms with Gasteiger partial charge in [0, 0.05) is 30.0 Å². The summed E-state index contributed by atoms with van der Waals surface area (Å²) in [7, 11) is 0. The molecule has 2 rings (SSSR count). The Hall–Kier alpha value is -0.450. The molecular formula is C15H26N2OS. The Labute approximate surface area is 120 Å². The first kappa shape index (κ1) is 14.9. The van der Waals surface area contributed by atoms with E-state index in [1.165, 1.54) is 15.6 Å². The fourth-order valence-electron chi connectivity index (χ4n) is 2.29. The molecule has 1 aliphatic rings. The van der Waals surface area contributed by atoms with Crippen molar-refractivity contribution in [2.45, 2.75) is 59.0 Å². The molecule has 4 heteroatoms. The summed E-state index contributed by atoms with van der Waals surface area (Å²) in [6.07, 6.45) is 2.21. The van der Waals surface area contributed by atoms with Gasteiger partial charge in [0.25, 0.3) is 0 Å². The van der Waals surface area contributed by atoms with Crippen LogP contribution in [-0.2, 0) is 17.7 Å². The van der Waals surface area contributed by atoms with Crippen LogP contribution >= 0.6 is 11.3 Å². The molecule has 0 radical (unpaired) electrons. The van der Waals surface area contributed by atoms with Crippen molar-refractivity contribution in [1.82, 2.24) is 10.3 Å².